The lowest BCUT2D eigenvalue weighted by Gasteiger charge is -2.65. The number of ether oxygens (including phenoxy) is 1. The molecule has 7 rings (SSSR count). The van der Waals surface area contributed by atoms with E-state index in [1.165, 1.54) is 49.0 Å². The molecule has 5 unspecified atom stereocenters. The summed E-state index contributed by atoms with van der Waals surface area (Å²) in [4.78, 5) is 5.42. The van der Waals surface area contributed by atoms with Gasteiger partial charge in [-0.3, -0.25) is 9.80 Å². The fourth-order valence-corrected chi connectivity index (χ4v) is 8.89. The fourth-order valence-electron chi connectivity index (χ4n) is 8.89. The first-order chi connectivity index (χ1) is 16.5. The SMILES string of the molecule is C[C@H]1OC23CCC(N(C)Cc4ccccc4)C1C21CCN(CC2CC2)C3Cc2ccc(O)cc21. The quantitative estimate of drug-likeness (QED) is 0.702. The van der Waals surface area contributed by atoms with Crippen molar-refractivity contribution >= 4 is 0 Å². The summed E-state index contributed by atoms with van der Waals surface area (Å²) in [5.41, 5.74) is 4.12. The highest BCUT2D eigenvalue weighted by molar-refractivity contribution is 5.51. The number of rotatable bonds is 5. The Kier molecular flexibility index (Phi) is 4.76. The lowest BCUT2D eigenvalue weighted by Crippen LogP contribution is -2.74. The highest BCUT2D eigenvalue weighted by Gasteiger charge is 2.75. The van der Waals surface area contributed by atoms with Gasteiger partial charge in [-0.25, -0.2) is 0 Å². The fraction of sp³-hybridized carbons (Fsp3) is 0.600. The van der Waals surface area contributed by atoms with E-state index in [-0.39, 0.29) is 17.1 Å². The zero-order valence-electron chi connectivity index (χ0n) is 20.6. The van der Waals surface area contributed by atoms with Gasteiger partial charge >= 0.3 is 0 Å². The summed E-state index contributed by atoms with van der Waals surface area (Å²) in [6.45, 7) is 5.73. The van der Waals surface area contributed by atoms with E-state index in [0.717, 1.165) is 31.7 Å². The molecule has 0 radical (unpaired) electrons. The highest BCUT2D eigenvalue weighted by atomic mass is 16.5. The molecule has 2 saturated carbocycles. The summed E-state index contributed by atoms with van der Waals surface area (Å²) in [6.07, 6.45) is 7.56. The average Bonchev–Trinajstić information content (AvgIpc) is 3.62. The van der Waals surface area contributed by atoms with Crippen molar-refractivity contribution in [2.45, 2.75) is 81.2 Å². The third-order valence-corrected chi connectivity index (χ3v) is 10.2. The third kappa shape index (κ3) is 2.88. The molecule has 4 fully saturated rings. The van der Waals surface area contributed by atoms with Gasteiger partial charge in [-0.15, -0.1) is 0 Å². The van der Waals surface area contributed by atoms with E-state index in [1.54, 1.807) is 0 Å². The Bertz CT molecular complexity index is 1080. The Morgan fingerprint density at radius 1 is 1.09 bits per heavy atom. The van der Waals surface area contributed by atoms with Crippen LogP contribution in [0.2, 0.25) is 0 Å². The Hall–Kier alpha value is -1.88. The Labute approximate surface area is 203 Å². The van der Waals surface area contributed by atoms with Crippen LogP contribution in [0, 0.1) is 11.8 Å². The van der Waals surface area contributed by atoms with Gasteiger partial charge in [0.05, 0.1) is 11.7 Å². The standard InChI is InChI=1S/C30H38N2O2/c1-20-28-26(31(2)18-21-6-4-3-5-7-21)12-13-30(34-20)27-16-23-10-11-24(33)17-25(23)29(28,30)14-15-32(27)19-22-8-9-22/h3-7,10-11,17,20,22,26-28,33H,8-9,12-16,18-19H2,1-2H3/t20-,26?,27?,28?,29?,30?/m1/s1. The minimum absolute atomic E-state index is 0.00266. The lowest BCUT2D eigenvalue weighted by atomic mass is 9.46. The molecule has 0 aromatic heterocycles. The molecule has 5 aliphatic rings. The van der Waals surface area contributed by atoms with Crippen molar-refractivity contribution in [2.75, 3.05) is 20.1 Å². The molecule has 34 heavy (non-hydrogen) atoms. The largest absolute Gasteiger partial charge is 0.508 e. The minimum atomic E-state index is -0.116. The lowest BCUT2D eigenvalue weighted by molar-refractivity contribution is -0.160. The number of nitrogens with zero attached hydrogens (tertiary/aromatic N) is 2. The molecular formula is C30H38N2O2. The molecule has 2 aromatic rings. The number of likely N-dealkylation sites (tertiary alicyclic amines) is 1. The van der Waals surface area contributed by atoms with Crippen molar-refractivity contribution in [3.63, 3.8) is 0 Å². The molecule has 6 atom stereocenters. The van der Waals surface area contributed by atoms with Crippen LogP contribution in [-0.4, -0.2) is 58.8 Å². The first-order valence-corrected chi connectivity index (χ1v) is 13.5. The van der Waals surface area contributed by atoms with E-state index in [4.69, 9.17) is 4.74 Å². The molecule has 1 N–H and O–H groups in total. The maximum Gasteiger partial charge on any atom is 0.115 e. The second kappa shape index (κ2) is 7.56. The van der Waals surface area contributed by atoms with Gasteiger partial charge in [0.2, 0.25) is 0 Å². The molecule has 3 aliphatic carbocycles. The highest BCUT2D eigenvalue weighted by Crippen LogP contribution is 2.68. The van der Waals surface area contributed by atoms with Gasteiger partial charge in [0, 0.05) is 36.5 Å². The topological polar surface area (TPSA) is 35.9 Å². The smallest absolute Gasteiger partial charge is 0.115 e. The number of hydrogen-bond acceptors (Lipinski definition) is 4. The zero-order chi connectivity index (χ0) is 23.1. The van der Waals surface area contributed by atoms with Crippen molar-refractivity contribution in [3.05, 3.63) is 65.2 Å². The van der Waals surface area contributed by atoms with Gasteiger partial charge in [0.1, 0.15) is 5.75 Å². The van der Waals surface area contributed by atoms with Gasteiger partial charge in [0.15, 0.2) is 0 Å². The maximum atomic E-state index is 10.6. The van der Waals surface area contributed by atoms with Crippen molar-refractivity contribution < 1.29 is 9.84 Å². The van der Waals surface area contributed by atoms with Gasteiger partial charge in [-0.1, -0.05) is 36.4 Å². The molecule has 180 valence electrons. The minimum Gasteiger partial charge on any atom is -0.508 e. The molecule has 2 heterocycles. The molecule has 0 amide bonds. The monoisotopic (exact) mass is 458 g/mol. The number of phenols is 1. The van der Waals surface area contributed by atoms with Gasteiger partial charge in [-0.05, 0) is 93.8 Å². The van der Waals surface area contributed by atoms with Crippen LogP contribution >= 0.6 is 0 Å². The van der Waals surface area contributed by atoms with Gasteiger partial charge in [-0.2, -0.15) is 0 Å². The summed E-state index contributed by atoms with van der Waals surface area (Å²) in [6, 6.07) is 18.1. The Balaban J connectivity index is 1.33. The summed E-state index contributed by atoms with van der Waals surface area (Å²) in [5.74, 6) is 1.75. The van der Waals surface area contributed by atoms with Crippen LogP contribution in [0.1, 0.15) is 55.7 Å². The summed E-state index contributed by atoms with van der Waals surface area (Å²) < 4.78 is 7.24. The van der Waals surface area contributed by atoms with Crippen LogP contribution in [0.5, 0.6) is 5.75 Å². The van der Waals surface area contributed by atoms with Crippen LogP contribution in [-0.2, 0) is 23.1 Å². The predicted molar refractivity (Wildman–Crippen MR) is 134 cm³/mol. The van der Waals surface area contributed by atoms with Crippen LogP contribution < -0.4 is 0 Å². The predicted octanol–water partition coefficient (Wildman–Crippen LogP) is 4.74. The Morgan fingerprint density at radius 3 is 2.71 bits per heavy atom. The second-order valence-corrected chi connectivity index (χ2v) is 12.0. The molecule has 0 spiro atoms. The number of piperidine rings is 1. The third-order valence-electron chi connectivity index (χ3n) is 10.2. The summed E-state index contributed by atoms with van der Waals surface area (Å²) in [7, 11) is 2.32. The number of fused-ring (bicyclic) bond motifs is 1. The summed E-state index contributed by atoms with van der Waals surface area (Å²) >= 11 is 0. The molecule has 2 saturated heterocycles. The van der Waals surface area contributed by atoms with E-state index < -0.39 is 0 Å². The van der Waals surface area contributed by atoms with Gasteiger partial charge < -0.3 is 9.84 Å². The average molecular weight is 459 g/mol. The first-order valence-electron chi connectivity index (χ1n) is 13.5. The van der Waals surface area contributed by atoms with Crippen molar-refractivity contribution in [1.29, 1.82) is 0 Å². The van der Waals surface area contributed by atoms with Crippen LogP contribution in [0.4, 0.5) is 0 Å². The van der Waals surface area contributed by atoms with Crippen LogP contribution in [0.3, 0.4) is 0 Å². The first kappa shape index (κ1) is 21.4. The molecular weight excluding hydrogens is 420 g/mol. The van der Waals surface area contributed by atoms with Gasteiger partial charge in [0.25, 0.3) is 0 Å². The number of benzene rings is 2. The second-order valence-electron chi connectivity index (χ2n) is 12.0. The van der Waals surface area contributed by atoms with Crippen molar-refractivity contribution in [3.8, 4) is 5.75 Å². The number of phenolic OH excluding ortho intramolecular Hbond substituents is 1. The molecule has 4 bridgehead atoms. The molecule has 2 aromatic carbocycles. The van der Waals surface area contributed by atoms with E-state index in [9.17, 15) is 5.11 Å². The maximum absolute atomic E-state index is 10.6. The number of hydrogen-bond donors (Lipinski definition) is 1. The van der Waals surface area contributed by atoms with E-state index in [1.807, 2.05) is 6.07 Å². The van der Waals surface area contributed by atoms with Crippen LogP contribution in [0.15, 0.2) is 48.5 Å². The summed E-state index contributed by atoms with van der Waals surface area (Å²) in [5, 5.41) is 10.6. The molecule has 4 nitrogen and oxygen atoms in total. The Morgan fingerprint density at radius 2 is 1.91 bits per heavy atom. The molecule has 2 aliphatic heterocycles. The molecule has 4 heteroatoms. The van der Waals surface area contributed by atoms with Crippen LogP contribution in [0.25, 0.3) is 0 Å². The zero-order valence-corrected chi connectivity index (χ0v) is 20.6. The number of aromatic hydroxyl groups is 1. The van der Waals surface area contributed by atoms with E-state index >= 15 is 0 Å². The van der Waals surface area contributed by atoms with Crippen molar-refractivity contribution in [2.24, 2.45) is 11.8 Å². The van der Waals surface area contributed by atoms with Crippen molar-refractivity contribution in [1.82, 2.24) is 9.80 Å². The van der Waals surface area contributed by atoms with E-state index in [0.29, 0.717) is 23.8 Å². The van der Waals surface area contributed by atoms with E-state index in [2.05, 4.69) is 66.2 Å². The normalized spacial score (nSPS) is 38.6.